The molecule has 0 aromatic heterocycles. The van der Waals surface area contributed by atoms with Crippen molar-refractivity contribution in [3.63, 3.8) is 0 Å². The normalized spacial score (nSPS) is 19.1. The number of hydrogen-bond acceptors (Lipinski definition) is 4. The Morgan fingerprint density at radius 2 is 2.20 bits per heavy atom. The summed E-state index contributed by atoms with van der Waals surface area (Å²) in [6.07, 6.45) is -3.78. The number of halogens is 3. The van der Waals surface area contributed by atoms with Crippen molar-refractivity contribution in [2.45, 2.75) is 12.6 Å². The predicted octanol–water partition coefficient (Wildman–Crippen LogP) is 2.64. The molecule has 0 spiro atoms. The molecule has 0 amide bonds. The van der Waals surface area contributed by atoms with E-state index in [1.54, 1.807) is 0 Å². The first-order valence-electron chi connectivity index (χ1n) is 6.18. The van der Waals surface area contributed by atoms with Crippen LogP contribution in [0.25, 0.3) is 0 Å². The van der Waals surface area contributed by atoms with E-state index < -0.39 is 22.4 Å². The van der Waals surface area contributed by atoms with Gasteiger partial charge in [-0.05, 0) is 37.6 Å². The fraction of sp³-hybridized carbons (Fsp3) is 0.500. The molecule has 1 aromatic carbocycles. The SMILES string of the molecule is O=[N+]([O-])c1ccc(NCC2CCNC2)cc1C(F)(F)F. The molecule has 8 heteroatoms. The summed E-state index contributed by atoms with van der Waals surface area (Å²) in [5, 5.41) is 16.7. The molecular formula is C12H14F3N3O2. The van der Waals surface area contributed by atoms with Crippen LogP contribution in [0.1, 0.15) is 12.0 Å². The van der Waals surface area contributed by atoms with Gasteiger partial charge in [-0.1, -0.05) is 0 Å². The maximum Gasteiger partial charge on any atom is 0.423 e. The van der Waals surface area contributed by atoms with Gasteiger partial charge < -0.3 is 10.6 Å². The number of hydrogen-bond donors (Lipinski definition) is 2. The minimum absolute atomic E-state index is 0.245. The van der Waals surface area contributed by atoms with Crippen LogP contribution in [0.15, 0.2) is 18.2 Å². The molecule has 1 fully saturated rings. The van der Waals surface area contributed by atoms with Gasteiger partial charge in [0.2, 0.25) is 0 Å². The van der Waals surface area contributed by atoms with Crippen LogP contribution >= 0.6 is 0 Å². The van der Waals surface area contributed by atoms with Crippen molar-refractivity contribution in [2.75, 3.05) is 25.0 Å². The van der Waals surface area contributed by atoms with E-state index in [0.717, 1.165) is 31.6 Å². The summed E-state index contributed by atoms with van der Waals surface area (Å²) < 4.78 is 38.4. The van der Waals surface area contributed by atoms with Crippen molar-refractivity contribution in [1.29, 1.82) is 0 Å². The molecule has 1 unspecified atom stereocenters. The first-order valence-corrected chi connectivity index (χ1v) is 6.18. The van der Waals surface area contributed by atoms with Crippen LogP contribution < -0.4 is 10.6 Å². The number of alkyl halides is 3. The van der Waals surface area contributed by atoms with Gasteiger partial charge in [-0.15, -0.1) is 0 Å². The first kappa shape index (κ1) is 14.6. The lowest BCUT2D eigenvalue weighted by Gasteiger charge is -2.13. The van der Waals surface area contributed by atoms with Crippen LogP contribution in [0.4, 0.5) is 24.5 Å². The summed E-state index contributed by atoms with van der Waals surface area (Å²) in [6.45, 7) is 2.27. The molecule has 0 saturated carbocycles. The highest BCUT2D eigenvalue weighted by molar-refractivity contribution is 5.55. The number of benzene rings is 1. The summed E-state index contributed by atoms with van der Waals surface area (Å²) in [4.78, 5) is 9.60. The zero-order valence-corrected chi connectivity index (χ0v) is 10.5. The first-order chi connectivity index (χ1) is 9.38. The molecule has 1 aromatic rings. The largest absolute Gasteiger partial charge is 0.423 e. The summed E-state index contributed by atoms with van der Waals surface area (Å²) in [5.41, 5.74) is -1.91. The van der Waals surface area contributed by atoms with Gasteiger partial charge >= 0.3 is 6.18 Å². The quantitative estimate of drug-likeness (QED) is 0.660. The second-order valence-corrected chi connectivity index (χ2v) is 4.73. The molecule has 1 aliphatic rings. The van der Waals surface area contributed by atoms with Crippen molar-refractivity contribution in [3.8, 4) is 0 Å². The Bertz CT molecular complexity index is 499. The maximum absolute atomic E-state index is 12.8. The highest BCUT2D eigenvalue weighted by atomic mass is 19.4. The van der Waals surface area contributed by atoms with Crippen molar-refractivity contribution >= 4 is 11.4 Å². The molecule has 1 heterocycles. The minimum atomic E-state index is -4.74. The molecule has 1 saturated heterocycles. The summed E-state index contributed by atoms with van der Waals surface area (Å²) >= 11 is 0. The van der Waals surface area contributed by atoms with E-state index in [2.05, 4.69) is 10.6 Å². The third-order valence-corrected chi connectivity index (χ3v) is 3.26. The van der Waals surface area contributed by atoms with Crippen molar-refractivity contribution in [3.05, 3.63) is 33.9 Å². The van der Waals surface area contributed by atoms with Gasteiger partial charge in [-0.2, -0.15) is 13.2 Å². The summed E-state index contributed by atoms with van der Waals surface area (Å²) in [6, 6.07) is 2.98. The lowest BCUT2D eigenvalue weighted by Crippen LogP contribution is -2.17. The molecule has 0 radical (unpaired) electrons. The number of nitro groups is 1. The van der Waals surface area contributed by atoms with Gasteiger partial charge in [-0.3, -0.25) is 10.1 Å². The predicted molar refractivity (Wildman–Crippen MR) is 67.6 cm³/mol. The molecule has 20 heavy (non-hydrogen) atoms. The number of nitrogens with zero attached hydrogens (tertiary/aromatic N) is 1. The minimum Gasteiger partial charge on any atom is -0.385 e. The Morgan fingerprint density at radius 1 is 1.45 bits per heavy atom. The fourth-order valence-electron chi connectivity index (χ4n) is 2.18. The average molecular weight is 289 g/mol. The van der Waals surface area contributed by atoms with Crippen LogP contribution in [0, 0.1) is 16.0 Å². The van der Waals surface area contributed by atoms with Crippen LogP contribution in [-0.4, -0.2) is 24.6 Å². The molecular weight excluding hydrogens is 275 g/mol. The zero-order valence-electron chi connectivity index (χ0n) is 10.5. The van der Waals surface area contributed by atoms with E-state index in [-0.39, 0.29) is 5.69 Å². The average Bonchev–Trinajstić information content (AvgIpc) is 2.88. The van der Waals surface area contributed by atoms with Crippen LogP contribution in [0.3, 0.4) is 0 Å². The highest BCUT2D eigenvalue weighted by Gasteiger charge is 2.38. The van der Waals surface area contributed by atoms with Gasteiger partial charge in [0.15, 0.2) is 0 Å². The topological polar surface area (TPSA) is 67.2 Å². The molecule has 2 rings (SSSR count). The van der Waals surface area contributed by atoms with E-state index in [1.807, 2.05) is 0 Å². The maximum atomic E-state index is 12.8. The van der Waals surface area contributed by atoms with Crippen molar-refractivity contribution < 1.29 is 18.1 Å². The van der Waals surface area contributed by atoms with Gasteiger partial charge in [0.05, 0.1) is 4.92 Å². The third kappa shape index (κ3) is 3.38. The monoisotopic (exact) mass is 289 g/mol. The summed E-state index contributed by atoms with van der Waals surface area (Å²) in [5.74, 6) is 0.361. The third-order valence-electron chi connectivity index (χ3n) is 3.26. The second kappa shape index (κ2) is 5.66. The zero-order chi connectivity index (χ0) is 14.8. The Labute approximate surface area is 113 Å². The Balaban J connectivity index is 2.16. The Hall–Kier alpha value is -1.83. The molecule has 2 N–H and O–H groups in total. The van der Waals surface area contributed by atoms with Gasteiger partial charge in [-0.25, -0.2) is 0 Å². The van der Waals surface area contributed by atoms with Crippen molar-refractivity contribution in [1.82, 2.24) is 5.32 Å². The van der Waals surface area contributed by atoms with Gasteiger partial charge in [0, 0.05) is 18.3 Å². The molecule has 0 bridgehead atoms. The highest BCUT2D eigenvalue weighted by Crippen LogP contribution is 2.37. The van der Waals surface area contributed by atoms with Crippen LogP contribution in [-0.2, 0) is 6.18 Å². The van der Waals surface area contributed by atoms with E-state index in [9.17, 15) is 23.3 Å². The van der Waals surface area contributed by atoms with E-state index in [0.29, 0.717) is 12.5 Å². The fourth-order valence-corrected chi connectivity index (χ4v) is 2.18. The summed E-state index contributed by atoms with van der Waals surface area (Å²) in [7, 11) is 0. The number of nitro benzene ring substituents is 1. The number of rotatable bonds is 4. The van der Waals surface area contributed by atoms with E-state index in [4.69, 9.17) is 0 Å². The van der Waals surface area contributed by atoms with Gasteiger partial charge in [0.1, 0.15) is 5.56 Å². The lowest BCUT2D eigenvalue weighted by atomic mass is 10.1. The molecule has 1 atom stereocenters. The van der Waals surface area contributed by atoms with Crippen LogP contribution in [0.2, 0.25) is 0 Å². The molecule has 1 aliphatic heterocycles. The van der Waals surface area contributed by atoms with Crippen molar-refractivity contribution in [2.24, 2.45) is 5.92 Å². The smallest absolute Gasteiger partial charge is 0.385 e. The lowest BCUT2D eigenvalue weighted by molar-refractivity contribution is -0.388. The van der Waals surface area contributed by atoms with Gasteiger partial charge in [0.25, 0.3) is 5.69 Å². The number of nitrogens with one attached hydrogen (secondary N) is 2. The van der Waals surface area contributed by atoms with E-state index in [1.165, 1.54) is 6.07 Å². The second-order valence-electron chi connectivity index (χ2n) is 4.73. The molecule has 5 nitrogen and oxygen atoms in total. The van der Waals surface area contributed by atoms with E-state index >= 15 is 0 Å². The van der Waals surface area contributed by atoms with Crippen LogP contribution in [0.5, 0.6) is 0 Å². The Morgan fingerprint density at radius 3 is 2.75 bits per heavy atom. The molecule has 110 valence electrons. The molecule has 0 aliphatic carbocycles. The standard InChI is InChI=1S/C12H14F3N3O2/c13-12(14,15)10-5-9(1-2-11(10)18(19)20)17-7-8-3-4-16-6-8/h1-2,5,8,16-17H,3-4,6-7H2. The Kier molecular flexibility index (Phi) is 4.12. The number of anilines is 1.